The number of esters is 1. The molecule has 0 amide bonds. The summed E-state index contributed by atoms with van der Waals surface area (Å²) < 4.78 is 11.2. The van der Waals surface area contributed by atoms with E-state index in [0.29, 0.717) is 18.8 Å². The first-order valence-electron chi connectivity index (χ1n) is 5.11. The van der Waals surface area contributed by atoms with E-state index in [1.807, 2.05) is 6.92 Å². The van der Waals surface area contributed by atoms with Crippen LogP contribution in [0.4, 0.5) is 0 Å². The molecule has 0 N–H and O–H groups in total. The number of ether oxygens (including phenoxy) is 2. The zero-order chi connectivity index (χ0) is 12.0. The zero-order valence-electron chi connectivity index (χ0n) is 9.27. The molecule has 1 rings (SSSR count). The van der Waals surface area contributed by atoms with Crippen molar-refractivity contribution in [2.45, 2.75) is 26.4 Å². The van der Waals surface area contributed by atoms with Crippen molar-refractivity contribution in [2.75, 3.05) is 6.61 Å². The lowest BCUT2D eigenvalue weighted by Crippen LogP contribution is -2.28. The Morgan fingerprint density at radius 1 is 1.50 bits per heavy atom. The lowest BCUT2D eigenvalue weighted by atomic mass is 10.3. The molecule has 0 fully saturated rings. The largest absolute Gasteiger partial charge is 0.477 e. The second-order valence-corrected chi connectivity index (χ2v) is 4.02. The van der Waals surface area contributed by atoms with Crippen LogP contribution in [0, 0.1) is 0 Å². The summed E-state index contributed by atoms with van der Waals surface area (Å²) >= 11 is 3.28. The summed E-state index contributed by atoms with van der Waals surface area (Å²) in [4.78, 5) is 15.4. The Kier molecular flexibility index (Phi) is 5.25. The van der Waals surface area contributed by atoms with E-state index in [4.69, 9.17) is 9.47 Å². The van der Waals surface area contributed by atoms with Gasteiger partial charge >= 0.3 is 5.97 Å². The predicted octanol–water partition coefficient (Wildman–Crippen LogP) is 2.56. The van der Waals surface area contributed by atoms with Gasteiger partial charge in [-0.05, 0) is 35.3 Å². The molecule has 0 aromatic carbocycles. The van der Waals surface area contributed by atoms with Crippen LogP contribution in [-0.4, -0.2) is 23.7 Å². The molecule has 0 bridgehead atoms. The molecule has 4 nitrogen and oxygen atoms in total. The van der Waals surface area contributed by atoms with E-state index in [1.54, 1.807) is 25.4 Å². The maximum atomic E-state index is 11.5. The number of nitrogens with zero attached hydrogens (tertiary/aromatic N) is 1. The van der Waals surface area contributed by atoms with Crippen LogP contribution in [0.2, 0.25) is 0 Å². The molecule has 0 aliphatic heterocycles. The molecule has 1 aromatic heterocycles. The van der Waals surface area contributed by atoms with Crippen LogP contribution < -0.4 is 4.74 Å². The Bertz CT molecular complexity index is 357. The van der Waals surface area contributed by atoms with Crippen molar-refractivity contribution in [3.63, 3.8) is 0 Å². The third-order valence-corrected chi connectivity index (χ3v) is 2.31. The van der Waals surface area contributed by atoms with Gasteiger partial charge in [0.15, 0.2) is 6.10 Å². The highest BCUT2D eigenvalue weighted by Gasteiger charge is 2.19. The molecule has 1 atom stereocenters. The molecule has 1 aromatic rings. The van der Waals surface area contributed by atoms with Crippen LogP contribution >= 0.6 is 15.9 Å². The average molecular weight is 288 g/mol. The van der Waals surface area contributed by atoms with Gasteiger partial charge in [0.05, 0.1) is 12.8 Å². The van der Waals surface area contributed by atoms with E-state index in [1.165, 1.54) is 0 Å². The number of rotatable bonds is 5. The smallest absolute Gasteiger partial charge is 0.347 e. The topological polar surface area (TPSA) is 48.4 Å². The number of hydrogen-bond donors (Lipinski definition) is 0. The van der Waals surface area contributed by atoms with Gasteiger partial charge in [-0.2, -0.15) is 0 Å². The molecule has 5 heteroatoms. The summed E-state index contributed by atoms with van der Waals surface area (Å²) in [7, 11) is 0. The molecule has 0 spiro atoms. The highest BCUT2D eigenvalue weighted by Crippen LogP contribution is 2.18. The Hall–Kier alpha value is -1.10. The molecular formula is C11H14BrNO3. The van der Waals surface area contributed by atoms with Crippen molar-refractivity contribution in [1.29, 1.82) is 0 Å². The predicted molar refractivity (Wildman–Crippen MR) is 63.3 cm³/mol. The summed E-state index contributed by atoms with van der Waals surface area (Å²) in [6, 6.07) is 1.76. The minimum absolute atomic E-state index is 0.343. The first-order valence-corrected chi connectivity index (χ1v) is 5.90. The first kappa shape index (κ1) is 13.0. The quantitative estimate of drug-likeness (QED) is 0.781. The van der Waals surface area contributed by atoms with Crippen LogP contribution in [0.5, 0.6) is 5.75 Å². The van der Waals surface area contributed by atoms with Gasteiger partial charge in [-0.1, -0.05) is 6.92 Å². The summed E-state index contributed by atoms with van der Waals surface area (Å²) in [6.45, 7) is 3.99. The van der Waals surface area contributed by atoms with Crippen LogP contribution in [0.3, 0.4) is 0 Å². The van der Waals surface area contributed by atoms with Gasteiger partial charge in [0.2, 0.25) is 0 Å². The fourth-order valence-corrected chi connectivity index (χ4v) is 1.50. The number of aromatic nitrogens is 1. The molecule has 1 heterocycles. The van der Waals surface area contributed by atoms with Crippen molar-refractivity contribution >= 4 is 21.9 Å². The highest BCUT2D eigenvalue weighted by atomic mass is 79.9. The SMILES string of the molecule is CCOC(=O)C(CC)Oc1cncc(Br)c1. The van der Waals surface area contributed by atoms with E-state index in [2.05, 4.69) is 20.9 Å². The van der Waals surface area contributed by atoms with Gasteiger partial charge in [0.1, 0.15) is 5.75 Å². The van der Waals surface area contributed by atoms with Gasteiger partial charge in [-0.25, -0.2) is 4.79 Å². The van der Waals surface area contributed by atoms with Gasteiger partial charge < -0.3 is 9.47 Å². The Morgan fingerprint density at radius 2 is 2.25 bits per heavy atom. The first-order chi connectivity index (χ1) is 7.67. The third-order valence-electron chi connectivity index (χ3n) is 1.88. The number of hydrogen-bond acceptors (Lipinski definition) is 4. The average Bonchev–Trinajstić information content (AvgIpc) is 2.26. The van der Waals surface area contributed by atoms with Crippen molar-refractivity contribution in [3.8, 4) is 5.75 Å². The molecule has 16 heavy (non-hydrogen) atoms. The summed E-state index contributed by atoms with van der Waals surface area (Å²) in [5.41, 5.74) is 0. The molecule has 0 saturated heterocycles. The van der Waals surface area contributed by atoms with Gasteiger partial charge in [-0.3, -0.25) is 4.98 Å². The van der Waals surface area contributed by atoms with Crippen LogP contribution in [0.25, 0.3) is 0 Å². The van der Waals surface area contributed by atoms with Gasteiger partial charge in [0, 0.05) is 10.7 Å². The van der Waals surface area contributed by atoms with Crippen LogP contribution in [0.15, 0.2) is 22.9 Å². The number of carbonyl (C=O) groups is 1. The van der Waals surface area contributed by atoms with E-state index in [0.717, 1.165) is 4.47 Å². The summed E-state index contributed by atoms with van der Waals surface area (Å²) in [5, 5.41) is 0. The van der Waals surface area contributed by atoms with Crippen molar-refractivity contribution in [3.05, 3.63) is 22.9 Å². The monoisotopic (exact) mass is 287 g/mol. The lowest BCUT2D eigenvalue weighted by Gasteiger charge is -2.15. The van der Waals surface area contributed by atoms with E-state index in [9.17, 15) is 4.79 Å². The van der Waals surface area contributed by atoms with Gasteiger partial charge in [0.25, 0.3) is 0 Å². The fourth-order valence-electron chi connectivity index (χ4n) is 1.15. The standard InChI is InChI=1S/C11H14BrNO3/c1-3-10(11(14)15-4-2)16-9-5-8(12)6-13-7-9/h5-7,10H,3-4H2,1-2H3. The molecule has 0 aliphatic rings. The summed E-state index contributed by atoms with van der Waals surface area (Å²) in [5.74, 6) is 0.208. The Morgan fingerprint density at radius 3 is 2.81 bits per heavy atom. The number of halogens is 1. The summed E-state index contributed by atoms with van der Waals surface area (Å²) in [6.07, 6.45) is 3.20. The molecule has 0 saturated carbocycles. The maximum Gasteiger partial charge on any atom is 0.347 e. The molecule has 1 unspecified atom stereocenters. The lowest BCUT2D eigenvalue weighted by molar-refractivity contribution is -0.151. The van der Waals surface area contributed by atoms with Crippen molar-refractivity contribution < 1.29 is 14.3 Å². The molecule has 88 valence electrons. The normalized spacial score (nSPS) is 11.9. The maximum absolute atomic E-state index is 11.5. The van der Waals surface area contributed by atoms with Crippen LogP contribution in [-0.2, 0) is 9.53 Å². The second-order valence-electron chi connectivity index (χ2n) is 3.11. The number of pyridine rings is 1. The minimum atomic E-state index is -0.573. The van der Waals surface area contributed by atoms with Crippen molar-refractivity contribution in [2.24, 2.45) is 0 Å². The van der Waals surface area contributed by atoms with E-state index in [-0.39, 0.29) is 5.97 Å². The number of carbonyl (C=O) groups excluding carboxylic acids is 1. The minimum Gasteiger partial charge on any atom is -0.477 e. The third kappa shape index (κ3) is 3.81. The van der Waals surface area contributed by atoms with Crippen LogP contribution in [0.1, 0.15) is 20.3 Å². The van der Waals surface area contributed by atoms with Gasteiger partial charge in [-0.15, -0.1) is 0 Å². The molecular weight excluding hydrogens is 274 g/mol. The Balaban J connectivity index is 2.66. The molecule has 0 aliphatic carbocycles. The van der Waals surface area contributed by atoms with E-state index >= 15 is 0 Å². The second kappa shape index (κ2) is 6.48. The molecule has 0 radical (unpaired) electrons. The fraction of sp³-hybridized carbons (Fsp3) is 0.455. The van der Waals surface area contributed by atoms with E-state index < -0.39 is 6.10 Å². The zero-order valence-corrected chi connectivity index (χ0v) is 10.9. The van der Waals surface area contributed by atoms with Crippen molar-refractivity contribution in [1.82, 2.24) is 4.98 Å². The Labute approximate surface area is 103 Å². The highest BCUT2D eigenvalue weighted by molar-refractivity contribution is 9.10.